The van der Waals surface area contributed by atoms with Crippen molar-refractivity contribution in [2.24, 2.45) is 0 Å². The fraction of sp³-hybridized carbons (Fsp3) is 0.0385. The van der Waals surface area contributed by atoms with Gasteiger partial charge in [0.05, 0.1) is 0 Å². The van der Waals surface area contributed by atoms with Crippen LogP contribution in [0.25, 0.3) is 0 Å². The summed E-state index contributed by atoms with van der Waals surface area (Å²) in [6.45, 7) is 0. The van der Waals surface area contributed by atoms with Crippen LogP contribution in [0, 0.1) is 0 Å². The number of hydrogen-bond acceptors (Lipinski definition) is 3. The molecule has 7 rings (SSSR count). The molecule has 3 aliphatic rings. The number of benzene rings is 4. The summed E-state index contributed by atoms with van der Waals surface area (Å²) < 4.78 is 12.6. The summed E-state index contributed by atoms with van der Waals surface area (Å²) in [6.07, 6.45) is 0. The second-order valence-electron chi connectivity index (χ2n) is 7.34. The van der Waals surface area contributed by atoms with Crippen LogP contribution in [0.3, 0.4) is 0 Å². The molecular weight excluding hydrogens is 407 g/mol. The van der Waals surface area contributed by atoms with Gasteiger partial charge in [-0.2, -0.15) is 0 Å². The van der Waals surface area contributed by atoms with Crippen molar-refractivity contribution >= 4 is 41.3 Å². The highest BCUT2D eigenvalue weighted by Crippen LogP contribution is 2.56. The summed E-state index contributed by atoms with van der Waals surface area (Å²) in [5, 5.41) is 4.10. The number of thiocarbonyl (C=S) groups is 1. The van der Waals surface area contributed by atoms with Crippen molar-refractivity contribution in [3.05, 3.63) is 120 Å². The minimum absolute atomic E-state index is 0.119. The van der Waals surface area contributed by atoms with Crippen molar-refractivity contribution in [1.29, 1.82) is 0 Å². The van der Waals surface area contributed by atoms with Crippen molar-refractivity contribution in [3.8, 4) is 5.75 Å². The molecule has 0 radical (unpaired) electrons. The Morgan fingerprint density at radius 2 is 1.03 bits per heavy atom. The minimum atomic E-state index is -0.813. The Kier molecular flexibility index (Phi) is 4.02. The molecular formula is C26H17O2PS. The molecule has 0 aliphatic carbocycles. The topological polar surface area (TPSA) is 18.5 Å². The molecule has 144 valence electrons. The summed E-state index contributed by atoms with van der Waals surface area (Å²) in [7, 11) is -0.620. The second-order valence-corrected chi connectivity index (χ2v) is 9.78. The maximum absolute atomic E-state index is 6.67. The Balaban J connectivity index is 1.58. The summed E-state index contributed by atoms with van der Waals surface area (Å²) in [5.41, 5.74) is 2.67. The first-order valence-corrected chi connectivity index (χ1v) is 11.6. The molecule has 30 heavy (non-hydrogen) atoms. The van der Waals surface area contributed by atoms with Gasteiger partial charge in [-0.3, -0.25) is 0 Å². The molecule has 0 spiro atoms. The molecule has 4 aromatic rings. The monoisotopic (exact) mass is 424 g/mol. The molecule has 3 heterocycles. The quantitative estimate of drug-likeness (QED) is 0.342. The lowest BCUT2D eigenvalue weighted by molar-refractivity contribution is 0.114. The Morgan fingerprint density at radius 3 is 1.53 bits per heavy atom. The van der Waals surface area contributed by atoms with Gasteiger partial charge in [0.2, 0.25) is 0 Å². The van der Waals surface area contributed by atoms with Crippen LogP contribution in [0.15, 0.2) is 103 Å². The zero-order chi connectivity index (χ0) is 20.1. The predicted molar refractivity (Wildman–Crippen MR) is 126 cm³/mol. The second kappa shape index (κ2) is 6.77. The Bertz CT molecular complexity index is 1170. The van der Waals surface area contributed by atoms with Crippen molar-refractivity contribution < 1.29 is 9.47 Å². The van der Waals surface area contributed by atoms with E-state index in [0.29, 0.717) is 5.75 Å². The van der Waals surface area contributed by atoms with Crippen LogP contribution in [-0.2, 0) is 10.3 Å². The van der Waals surface area contributed by atoms with Gasteiger partial charge in [-0.05, 0) is 36.0 Å². The maximum atomic E-state index is 6.67. The minimum Gasteiger partial charge on any atom is -0.435 e. The van der Waals surface area contributed by atoms with Crippen LogP contribution in [0.5, 0.6) is 5.75 Å². The molecule has 2 nitrogen and oxygen atoms in total. The fourth-order valence-corrected chi connectivity index (χ4v) is 7.74. The van der Waals surface area contributed by atoms with E-state index in [0.717, 1.165) is 16.7 Å². The van der Waals surface area contributed by atoms with Crippen LogP contribution < -0.4 is 20.7 Å². The molecule has 0 amide bonds. The van der Waals surface area contributed by atoms with E-state index >= 15 is 0 Å². The highest BCUT2D eigenvalue weighted by Gasteiger charge is 2.54. The normalized spacial score (nSPS) is 19.9. The molecule has 2 bridgehead atoms. The van der Waals surface area contributed by atoms with Crippen LogP contribution in [0.4, 0.5) is 0 Å². The molecule has 0 saturated carbocycles. The summed E-state index contributed by atoms with van der Waals surface area (Å²) in [5.74, 6) is 0.669. The summed E-state index contributed by atoms with van der Waals surface area (Å²) in [4.78, 5) is 0. The predicted octanol–water partition coefficient (Wildman–Crippen LogP) is 4.74. The van der Waals surface area contributed by atoms with E-state index in [1.54, 1.807) is 0 Å². The highest BCUT2D eigenvalue weighted by molar-refractivity contribution is 7.80. The zero-order valence-corrected chi connectivity index (χ0v) is 17.7. The molecule has 0 unspecified atom stereocenters. The molecule has 0 aromatic heterocycles. The van der Waals surface area contributed by atoms with Crippen molar-refractivity contribution in [2.75, 3.05) is 0 Å². The van der Waals surface area contributed by atoms with Crippen molar-refractivity contribution in [1.82, 2.24) is 0 Å². The van der Waals surface area contributed by atoms with Crippen LogP contribution in [-0.4, -0.2) is 5.24 Å². The fourth-order valence-electron chi connectivity index (χ4n) is 4.62. The van der Waals surface area contributed by atoms with Crippen molar-refractivity contribution in [3.63, 3.8) is 0 Å². The van der Waals surface area contributed by atoms with E-state index in [-0.39, 0.29) is 5.24 Å². The third-order valence-corrected chi connectivity index (χ3v) is 8.54. The summed E-state index contributed by atoms with van der Waals surface area (Å²) in [6, 6.07) is 35.3. The standard InChI is InChI=1S/C26H17O2PS/c30-25(27-18-10-2-1-3-11-18)28-26-19-12-4-7-15-22(19)29(23-16-8-5-13-20(23)26)24-17-9-6-14-21(24)26/h1-17H. The van der Waals surface area contributed by atoms with E-state index in [9.17, 15) is 0 Å². The average Bonchev–Trinajstić information content (AvgIpc) is 2.80. The first-order valence-electron chi connectivity index (χ1n) is 9.83. The van der Waals surface area contributed by atoms with Gasteiger partial charge in [0, 0.05) is 28.9 Å². The average molecular weight is 424 g/mol. The first kappa shape index (κ1) is 17.8. The van der Waals surface area contributed by atoms with Gasteiger partial charge in [0.25, 0.3) is 0 Å². The highest BCUT2D eigenvalue weighted by atomic mass is 32.1. The molecule has 0 atom stereocenters. The lowest BCUT2D eigenvalue weighted by atomic mass is 9.79. The van der Waals surface area contributed by atoms with Gasteiger partial charge in [-0.1, -0.05) is 91.0 Å². The van der Waals surface area contributed by atoms with Gasteiger partial charge < -0.3 is 9.47 Å². The molecule has 0 N–H and O–H groups in total. The Morgan fingerprint density at radius 1 is 0.600 bits per heavy atom. The third kappa shape index (κ3) is 2.43. The van der Waals surface area contributed by atoms with Gasteiger partial charge in [-0.25, -0.2) is 0 Å². The van der Waals surface area contributed by atoms with Crippen LogP contribution >= 0.6 is 20.1 Å². The van der Waals surface area contributed by atoms with Crippen molar-refractivity contribution in [2.45, 2.75) is 5.60 Å². The van der Waals surface area contributed by atoms with Gasteiger partial charge in [0.1, 0.15) is 5.75 Å². The van der Waals surface area contributed by atoms with E-state index in [1.807, 2.05) is 30.3 Å². The molecule has 4 heteroatoms. The maximum Gasteiger partial charge on any atom is 0.359 e. The van der Waals surface area contributed by atoms with E-state index < -0.39 is 13.5 Å². The lowest BCUT2D eigenvalue weighted by Crippen LogP contribution is -2.54. The van der Waals surface area contributed by atoms with Gasteiger partial charge in [0.15, 0.2) is 5.60 Å². The zero-order valence-electron chi connectivity index (χ0n) is 16.0. The molecule has 0 saturated heterocycles. The molecule has 3 aliphatic heterocycles. The Labute approximate surface area is 181 Å². The number of hydrogen-bond donors (Lipinski definition) is 0. The largest absolute Gasteiger partial charge is 0.435 e. The smallest absolute Gasteiger partial charge is 0.359 e. The number of para-hydroxylation sites is 1. The molecule has 0 fully saturated rings. The third-order valence-electron chi connectivity index (χ3n) is 5.75. The summed E-state index contributed by atoms with van der Waals surface area (Å²) >= 11 is 5.62. The lowest BCUT2D eigenvalue weighted by Gasteiger charge is -2.49. The first-order chi connectivity index (χ1) is 14.8. The SMILES string of the molecule is S=C(Oc1ccccc1)OC12c3ccccc3P(c3ccccc31)c1ccccc12. The molecule has 4 aromatic carbocycles. The van der Waals surface area contributed by atoms with Crippen LogP contribution in [0.1, 0.15) is 16.7 Å². The number of ether oxygens (including phenoxy) is 2. The van der Waals surface area contributed by atoms with E-state index in [2.05, 4.69) is 72.8 Å². The van der Waals surface area contributed by atoms with E-state index in [1.165, 1.54) is 15.9 Å². The van der Waals surface area contributed by atoms with E-state index in [4.69, 9.17) is 21.7 Å². The van der Waals surface area contributed by atoms with Crippen LogP contribution in [0.2, 0.25) is 0 Å². The van der Waals surface area contributed by atoms with Gasteiger partial charge in [-0.15, -0.1) is 0 Å². The van der Waals surface area contributed by atoms with Gasteiger partial charge >= 0.3 is 5.24 Å². The number of rotatable bonds is 2. The Hall–Kier alpha value is -3.00.